The lowest BCUT2D eigenvalue weighted by Crippen LogP contribution is -2.50. The Kier molecular flexibility index (Phi) is 7.24. The second-order valence-electron chi connectivity index (χ2n) is 9.33. The fourth-order valence-electron chi connectivity index (χ4n) is 4.93. The lowest BCUT2D eigenvalue weighted by molar-refractivity contribution is 0.0696. The van der Waals surface area contributed by atoms with E-state index in [2.05, 4.69) is 44.7 Å². The summed E-state index contributed by atoms with van der Waals surface area (Å²) >= 11 is 0. The Balaban J connectivity index is 0.00000294. The number of aromatic carboxylic acids is 1. The van der Waals surface area contributed by atoms with Gasteiger partial charge in [0.05, 0.1) is 11.8 Å². The highest BCUT2D eigenvalue weighted by Gasteiger charge is 2.27. The van der Waals surface area contributed by atoms with Crippen LogP contribution in [0.2, 0.25) is 0 Å². The number of hydrogen-bond donors (Lipinski definition) is 2. The first-order valence-corrected chi connectivity index (χ1v) is 12.3. The molecule has 2 aliphatic heterocycles. The first-order chi connectivity index (χ1) is 18.0. The first kappa shape index (κ1) is 25.6. The first-order valence-electron chi connectivity index (χ1n) is 12.3. The lowest BCUT2D eigenvalue weighted by Gasteiger charge is -2.39. The Morgan fingerprint density at radius 3 is 2.55 bits per heavy atom. The highest BCUT2D eigenvalue weighted by Crippen LogP contribution is 2.24. The number of nitrogens with two attached hydrogens (primary N) is 1. The average Bonchev–Trinajstić information content (AvgIpc) is 3.60. The average molecular weight is 542 g/mol. The molecule has 0 amide bonds. The molecule has 6 heterocycles. The molecule has 6 rings (SSSR count). The molecule has 2 fully saturated rings. The summed E-state index contributed by atoms with van der Waals surface area (Å²) in [6.07, 6.45) is 6.48. The van der Waals surface area contributed by atoms with E-state index in [9.17, 15) is 4.79 Å². The molecular weight excluding hydrogens is 514 g/mol. The molecule has 15 heteroatoms. The van der Waals surface area contributed by atoms with Crippen LogP contribution >= 0.6 is 12.4 Å². The number of halogens is 1. The van der Waals surface area contributed by atoms with Gasteiger partial charge in [-0.1, -0.05) is 0 Å². The van der Waals surface area contributed by atoms with Crippen molar-refractivity contribution in [1.82, 2.24) is 39.4 Å². The maximum Gasteiger partial charge on any atom is 0.338 e. The minimum atomic E-state index is -1.02. The van der Waals surface area contributed by atoms with Crippen LogP contribution in [0.3, 0.4) is 0 Å². The molecule has 2 saturated heterocycles. The van der Waals surface area contributed by atoms with Crippen LogP contribution in [-0.2, 0) is 0 Å². The zero-order valence-corrected chi connectivity index (χ0v) is 21.4. The zero-order chi connectivity index (χ0) is 25.4. The summed E-state index contributed by atoms with van der Waals surface area (Å²) < 4.78 is 6.82. The van der Waals surface area contributed by atoms with Crippen LogP contribution in [0.25, 0.3) is 17.4 Å². The van der Waals surface area contributed by atoms with Crippen LogP contribution in [0.1, 0.15) is 23.2 Å². The van der Waals surface area contributed by atoms with Crippen molar-refractivity contribution >= 4 is 42.0 Å². The summed E-state index contributed by atoms with van der Waals surface area (Å²) in [5.41, 5.74) is 6.29. The van der Waals surface area contributed by atoms with Crippen molar-refractivity contribution < 1.29 is 14.3 Å². The van der Waals surface area contributed by atoms with E-state index in [1.165, 1.54) is 16.9 Å². The van der Waals surface area contributed by atoms with E-state index in [1.54, 1.807) is 18.4 Å². The number of furan rings is 1. The second-order valence-corrected chi connectivity index (χ2v) is 9.33. The number of nitrogens with zero attached hydrogens (tertiary/aromatic N) is 10. The summed E-state index contributed by atoms with van der Waals surface area (Å²) in [4.78, 5) is 39.8. The molecule has 3 N–H and O–H groups in total. The molecule has 0 aliphatic carbocycles. The number of fused-ring (bicyclic) bond motifs is 1. The van der Waals surface area contributed by atoms with Crippen LogP contribution in [0, 0.1) is 5.92 Å². The maximum absolute atomic E-state index is 11.0. The molecule has 0 saturated carbocycles. The molecule has 0 unspecified atom stereocenters. The summed E-state index contributed by atoms with van der Waals surface area (Å²) in [6.45, 7) is 6.07. The van der Waals surface area contributed by atoms with Crippen molar-refractivity contribution in [2.24, 2.45) is 5.92 Å². The third-order valence-corrected chi connectivity index (χ3v) is 6.82. The third-order valence-electron chi connectivity index (χ3n) is 6.82. The number of hydrogen-bond acceptors (Lipinski definition) is 12. The van der Waals surface area contributed by atoms with Crippen LogP contribution < -0.4 is 15.5 Å². The quantitative estimate of drug-likeness (QED) is 0.358. The zero-order valence-electron chi connectivity index (χ0n) is 20.5. The Hall–Kier alpha value is -4.04. The summed E-state index contributed by atoms with van der Waals surface area (Å²) in [6, 6.07) is 3.57. The van der Waals surface area contributed by atoms with Crippen molar-refractivity contribution in [3.05, 3.63) is 36.4 Å². The number of carboxylic acids is 1. The van der Waals surface area contributed by atoms with Gasteiger partial charge in [0, 0.05) is 58.2 Å². The summed E-state index contributed by atoms with van der Waals surface area (Å²) in [5.74, 6) is 2.19. The van der Waals surface area contributed by atoms with E-state index in [0.717, 1.165) is 58.7 Å². The fourth-order valence-corrected chi connectivity index (χ4v) is 4.93. The number of anilines is 3. The Labute approximate surface area is 223 Å². The van der Waals surface area contributed by atoms with E-state index in [-0.39, 0.29) is 23.9 Å². The molecule has 4 aromatic heterocycles. The molecule has 200 valence electrons. The highest BCUT2D eigenvalue weighted by atomic mass is 35.5. The molecular formula is C23H28ClN11O3. The molecule has 0 spiro atoms. The van der Waals surface area contributed by atoms with Crippen LogP contribution in [-0.4, -0.2) is 96.3 Å². The molecule has 1 atom stereocenters. The number of carboxylic acid groups (broad SMARTS) is 1. The van der Waals surface area contributed by atoms with Crippen molar-refractivity contribution in [2.45, 2.75) is 12.8 Å². The van der Waals surface area contributed by atoms with Gasteiger partial charge in [-0.25, -0.2) is 14.8 Å². The van der Waals surface area contributed by atoms with Gasteiger partial charge in [0.2, 0.25) is 23.7 Å². The third kappa shape index (κ3) is 5.17. The number of piperazine rings is 1. The smallest absolute Gasteiger partial charge is 0.338 e. The van der Waals surface area contributed by atoms with E-state index in [0.29, 0.717) is 35.2 Å². The van der Waals surface area contributed by atoms with Crippen LogP contribution in [0.4, 0.5) is 17.8 Å². The van der Waals surface area contributed by atoms with E-state index < -0.39 is 5.97 Å². The summed E-state index contributed by atoms with van der Waals surface area (Å²) in [7, 11) is 0. The molecule has 2 aliphatic rings. The van der Waals surface area contributed by atoms with Gasteiger partial charge in [0.15, 0.2) is 5.76 Å². The second kappa shape index (κ2) is 10.8. The fraction of sp³-hybridized carbons (Fsp3) is 0.435. The van der Waals surface area contributed by atoms with Crippen molar-refractivity contribution in [3.8, 4) is 11.6 Å². The number of rotatable bonds is 6. The van der Waals surface area contributed by atoms with Gasteiger partial charge in [0.1, 0.15) is 0 Å². The van der Waals surface area contributed by atoms with Gasteiger partial charge in [-0.05, 0) is 30.9 Å². The molecule has 14 nitrogen and oxygen atoms in total. The van der Waals surface area contributed by atoms with Gasteiger partial charge in [-0.3, -0.25) is 4.90 Å². The highest BCUT2D eigenvalue weighted by molar-refractivity contribution is 5.86. The lowest BCUT2D eigenvalue weighted by atomic mass is 9.97. The Morgan fingerprint density at radius 1 is 1.05 bits per heavy atom. The Morgan fingerprint density at radius 2 is 1.84 bits per heavy atom. The van der Waals surface area contributed by atoms with Crippen molar-refractivity contribution in [1.29, 1.82) is 0 Å². The van der Waals surface area contributed by atoms with Crippen LogP contribution in [0.15, 0.2) is 35.2 Å². The maximum atomic E-state index is 11.0. The van der Waals surface area contributed by atoms with Gasteiger partial charge in [0.25, 0.3) is 5.78 Å². The van der Waals surface area contributed by atoms with Crippen molar-refractivity contribution in [3.63, 3.8) is 0 Å². The standard InChI is InChI=1S/C23H27N11O3.ClH/c24-20-28-22(29-23-27-18(30-34(20)23)17-4-2-10-37-17)33-5-1-3-15(14-33)13-31-6-8-32(9-7-31)21-25-11-16(12-26-21)19(35)36;/h2,4,10-12,15H,1,3,5-9,13-14H2,(H,35,36)(H2,24,27,28,29,30);1H/t15-;/m0./s1. The minimum Gasteiger partial charge on any atom is -0.478 e. The van der Waals surface area contributed by atoms with E-state index in [1.807, 2.05) is 0 Å². The molecule has 0 bridgehead atoms. The SMILES string of the molecule is Cl.Nc1nc(N2CCC[C@@H](CN3CCN(c4ncc(C(=O)O)cn4)CC3)C2)nc2nc(-c3ccco3)nn12. The molecule has 4 aromatic rings. The van der Waals surface area contributed by atoms with Gasteiger partial charge in [-0.2, -0.15) is 19.5 Å². The minimum absolute atomic E-state index is 0. The molecule has 0 aromatic carbocycles. The predicted molar refractivity (Wildman–Crippen MR) is 141 cm³/mol. The number of nitrogen functional groups attached to an aromatic ring is 1. The number of piperidine rings is 1. The Bertz CT molecular complexity index is 1390. The van der Waals surface area contributed by atoms with Gasteiger partial charge < -0.3 is 25.1 Å². The van der Waals surface area contributed by atoms with Gasteiger partial charge in [-0.15, -0.1) is 17.5 Å². The topological polar surface area (TPSA) is 168 Å². The normalized spacial score (nSPS) is 18.5. The monoisotopic (exact) mass is 541 g/mol. The predicted octanol–water partition coefficient (Wildman–Crippen LogP) is 1.31. The van der Waals surface area contributed by atoms with Gasteiger partial charge >= 0.3 is 5.97 Å². The number of carbonyl (C=O) groups is 1. The van der Waals surface area contributed by atoms with Crippen LogP contribution in [0.5, 0.6) is 0 Å². The summed E-state index contributed by atoms with van der Waals surface area (Å²) in [5, 5.41) is 13.4. The van der Waals surface area contributed by atoms with Crippen molar-refractivity contribution in [2.75, 3.05) is 61.3 Å². The number of aromatic nitrogens is 7. The molecule has 0 radical (unpaired) electrons. The molecule has 38 heavy (non-hydrogen) atoms. The largest absolute Gasteiger partial charge is 0.478 e. The van der Waals surface area contributed by atoms with E-state index >= 15 is 0 Å². The van der Waals surface area contributed by atoms with E-state index in [4.69, 9.17) is 15.3 Å².